The van der Waals surface area contributed by atoms with Crippen molar-refractivity contribution >= 4 is 29.0 Å². The fourth-order valence-electron chi connectivity index (χ4n) is 1.70. The molecule has 0 aliphatic heterocycles. The number of carbonyl (C=O) groups is 2. The van der Waals surface area contributed by atoms with Gasteiger partial charge < -0.3 is 15.7 Å². The van der Waals surface area contributed by atoms with Crippen LogP contribution in [-0.2, 0) is 5.54 Å². The van der Waals surface area contributed by atoms with Gasteiger partial charge in [0.25, 0.3) is 0 Å². The molecule has 0 saturated carbocycles. The third-order valence-corrected chi connectivity index (χ3v) is 3.75. The lowest BCUT2D eigenvalue weighted by Crippen LogP contribution is -2.43. The Morgan fingerprint density at radius 1 is 1.29 bits per heavy atom. The van der Waals surface area contributed by atoms with E-state index < -0.39 is 17.5 Å². The number of nitrogens with zero attached hydrogens (tertiary/aromatic N) is 2. The van der Waals surface area contributed by atoms with Crippen molar-refractivity contribution in [3.8, 4) is 0 Å². The predicted octanol–water partition coefficient (Wildman–Crippen LogP) is 2.29. The quantitative estimate of drug-likeness (QED) is 0.804. The summed E-state index contributed by atoms with van der Waals surface area (Å²) in [5.74, 6) is -1.20. The number of amides is 2. The Labute approximate surface area is 125 Å². The zero-order valence-electron chi connectivity index (χ0n) is 11.5. The molecule has 0 unspecified atom stereocenters. The third kappa shape index (κ3) is 3.54. The monoisotopic (exact) mass is 306 g/mol. The number of carboxylic acids is 1. The van der Waals surface area contributed by atoms with Crippen molar-refractivity contribution in [3.05, 3.63) is 40.6 Å². The topological polar surface area (TPSA) is 104 Å². The molecular weight excluding hydrogens is 292 g/mol. The summed E-state index contributed by atoms with van der Waals surface area (Å²) in [6.45, 7) is 3.62. The molecule has 0 saturated heterocycles. The molecule has 0 aromatic carbocycles. The lowest BCUT2D eigenvalue weighted by Gasteiger charge is -2.24. The van der Waals surface area contributed by atoms with Crippen LogP contribution >= 0.6 is 11.3 Å². The summed E-state index contributed by atoms with van der Waals surface area (Å²) in [5, 5.41) is 16.8. The summed E-state index contributed by atoms with van der Waals surface area (Å²) in [4.78, 5) is 31.0. The Hall–Kier alpha value is -2.48. The number of rotatable bonds is 4. The highest BCUT2D eigenvalue weighted by atomic mass is 32.1. The number of hydrogen-bond donors (Lipinski definition) is 3. The SMILES string of the molecule is CC(C)(NC(=O)Nc1cccnc1C(=O)O)c1nccs1. The number of carbonyl (C=O) groups excluding carboxylic acids is 1. The maximum atomic E-state index is 12.0. The van der Waals surface area contributed by atoms with Gasteiger partial charge in [-0.1, -0.05) is 0 Å². The van der Waals surface area contributed by atoms with Crippen molar-refractivity contribution in [2.24, 2.45) is 0 Å². The molecule has 0 radical (unpaired) electrons. The second-order valence-electron chi connectivity index (χ2n) is 4.75. The minimum Gasteiger partial charge on any atom is -0.476 e. The molecule has 0 atom stereocenters. The Morgan fingerprint density at radius 3 is 2.67 bits per heavy atom. The maximum absolute atomic E-state index is 12.0. The fourth-order valence-corrected chi connectivity index (χ4v) is 2.42. The van der Waals surface area contributed by atoms with Crippen LogP contribution in [-0.4, -0.2) is 27.1 Å². The molecule has 0 aliphatic rings. The van der Waals surface area contributed by atoms with E-state index in [0.29, 0.717) is 0 Å². The van der Waals surface area contributed by atoms with Gasteiger partial charge in [0, 0.05) is 17.8 Å². The Morgan fingerprint density at radius 2 is 2.05 bits per heavy atom. The van der Waals surface area contributed by atoms with Crippen LogP contribution in [0, 0.1) is 0 Å². The summed E-state index contributed by atoms with van der Waals surface area (Å²) in [5.41, 5.74) is -0.735. The van der Waals surface area contributed by atoms with Crippen LogP contribution < -0.4 is 10.6 Å². The van der Waals surface area contributed by atoms with Crippen LogP contribution in [0.25, 0.3) is 0 Å². The van der Waals surface area contributed by atoms with Gasteiger partial charge in [-0.15, -0.1) is 11.3 Å². The normalized spacial score (nSPS) is 11.0. The van der Waals surface area contributed by atoms with Gasteiger partial charge in [-0.05, 0) is 26.0 Å². The first-order chi connectivity index (χ1) is 9.90. The first kappa shape index (κ1) is 14.9. The van der Waals surface area contributed by atoms with Crippen LogP contribution in [0.1, 0.15) is 29.3 Å². The molecule has 0 fully saturated rings. The highest BCUT2D eigenvalue weighted by molar-refractivity contribution is 7.09. The van der Waals surface area contributed by atoms with Crippen molar-refractivity contribution in [2.45, 2.75) is 19.4 Å². The van der Waals surface area contributed by atoms with Gasteiger partial charge in [0.2, 0.25) is 0 Å². The Balaban J connectivity index is 2.11. The van der Waals surface area contributed by atoms with Gasteiger partial charge in [-0.3, -0.25) is 0 Å². The van der Waals surface area contributed by atoms with Crippen LogP contribution in [0.5, 0.6) is 0 Å². The maximum Gasteiger partial charge on any atom is 0.356 e. The smallest absolute Gasteiger partial charge is 0.356 e. The van der Waals surface area contributed by atoms with E-state index >= 15 is 0 Å². The number of urea groups is 1. The zero-order chi connectivity index (χ0) is 15.5. The molecule has 2 aromatic rings. The summed E-state index contributed by atoms with van der Waals surface area (Å²) >= 11 is 1.43. The van der Waals surface area contributed by atoms with Gasteiger partial charge in [-0.25, -0.2) is 19.6 Å². The zero-order valence-corrected chi connectivity index (χ0v) is 12.3. The number of thiazole rings is 1. The highest BCUT2D eigenvalue weighted by Gasteiger charge is 2.26. The summed E-state index contributed by atoms with van der Waals surface area (Å²) < 4.78 is 0. The number of pyridine rings is 1. The van der Waals surface area contributed by atoms with Gasteiger partial charge >= 0.3 is 12.0 Å². The standard InChI is InChI=1S/C13H14N4O3S/c1-13(2,11-15-6-7-21-11)17-12(20)16-8-4-3-5-14-9(8)10(18)19/h3-7H,1-2H3,(H,18,19)(H2,16,17,20). The molecule has 2 aromatic heterocycles. The van der Waals surface area contributed by atoms with Crippen LogP contribution in [0.15, 0.2) is 29.9 Å². The number of aromatic carboxylic acids is 1. The minimum atomic E-state index is -1.20. The largest absolute Gasteiger partial charge is 0.476 e. The molecule has 110 valence electrons. The van der Waals surface area contributed by atoms with E-state index in [4.69, 9.17) is 5.11 Å². The lowest BCUT2D eigenvalue weighted by atomic mass is 10.1. The third-order valence-electron chi connectivity index (χ3n) is 2.65. The van der Waals surface area contributed by atoms with E-state index in [-0.39, 0.29) is 11.4 Å². The van der Waals surface area contributed by atoms with Gasteiger partial charge in [0.05, 0.1) is 11.2 Å². The van der Waals surface area contributed by atoms with Crippen molar-refractivity contribution < 1.29 is 14.7 Å². The van der Waals surface area contributed by atoms with E-state index in [1.807, 2.05) is 19.2 Å². The van der Waals surface area contributed by atoms with Crippen molar-refractivity contribution in [1.82, 2.24) is 15.3 Å². The highest BCUT2D eigenvalue weighted by Crippen LogP contribution is 2.22. The van der Waals surface area contributed by atoms with Gasteiger partial charge in [0.15, 0.2) is 5.69 Å². The van der Waals surface area contributed by atoms with Crippen molar-refractivity contribution in [1.29, 1.82) is 0 Å². The number of hydrogen-bond acceptors (Lipinski definition) is 5. The molecule has 3 N–H and O–H groups in total. The number of nitrogens with one attached hydrogen (secondary N) is 2. The number of carboxylic acid groups (broad SMARTS) is 1. The van der Waals surface area contributed by atoms with Crippen LogP contribution in [0.3, 0.4) is 0 Å². The summed E-state index contributed by atoms with van der Waals surface area (Å²) in [6.07, 6.45) is 3.01. The molecule has 0 aliphatic carbocycles. The molecule has 2 rings (SSSR count). The van der Waals surface area contributed by atoms with Crippen LogP contribution in [0.4, 0.5) is 10.5 Å². The first-order valence-electron chi connectivity index (χ1n) is 6.07. The van der Waals surface area contributed by atoms with E-state index in [0.717, 1.165) is 5.01 Å². The van der Waals surface area contributed by atoms with E-state index in [1.165, 1.54) is 23.6 Å². The fraction of sp³-hybridized carbons (Fsp3) is 0.231. The van der Waals surface area contributed by atoms with Gasteiger partial charge in [0.1, 0.15) is 5.01 Å². The molecule has 2 amide bonds. The number of anilines is 1. The number of aromatic nitrogens is 2. The average molecular weight is 306 g/mol. The second kappa shape index (κ2) is 5.88. The van der Waals surface area contributed by atoms with E-state index in [1.54, 1.807) is 12.3 Å². The Bertz CT molecular complexity index is 655. The molecule has 21 heavy (non-hydrogen) atoms. The Kier molecular flexibility index (Phi) is 4.18. The van der Waals surface area contributed by atoms with Gasteiger partial charge in [-0.2, -0.15) is 0 Å². The average Bonchev–Trinajstić information content (AvgIpc) is 2.92. The first-order valence-corrected chi connectivity index (χ1v) is 6.95. The molecule has 0 spiro atoms. The molecule has 2 heterocycles. The molecule has 7 nitrogen and oxygen atoms in total. The summed E-state index contributed by atoms with van der Waals surface area (Å²) in [6, 6.07) is 2.51. The molecule has 0 bridgehead atoms. The van der Waals surface area contributed by atoms with Crippen LogP contribution in [0.2, 0.25) is 0 Å². The predicted molar refractivity (Wildman–Crippen MR) is 78.5 cm³/mol. The van der Waals surface area contributed by atoms with E-state index in [9.17, 15) is 9.59 Å². The molecular formula is C13H14N4O3S. The second-order valence-corrected chi connectivity index (χ2v) is 5.64. The van der Waals surface area contributed by atoms with E-state index in [2.05, 4.69) is 20.6 Å². The summed E-state index contributed by atoms with van der Waals surface area (Å²) in [7, 11) is 0. The lowest BCUT2D eigenvalue weighted by molar-refractivity contribution is 0.0692. The molecule has 8 heteroatoms. The van der Waals surface area contributed by atoms with Crippen molar-refractivity contribution in [3.63, 3.8) is 0 Å². The minimum absolute atomic E-state index is 0.137. The van der Waals surface area contributed by atoms with Crippen molar-refractivity contribution in [2.75, 3.05) is 5.32 Å².